The first kappa shape index (κ1) is 14.0. The Balaban J connectivity index is 2.23. The highest BCUT2D eigenvalue weighted by Crippen LogP contribution is 2.23. The molecule has 0 aromatic carbocycles. The molecule has 0 saturated heterocycles. The van der Waals surface area contributed by atoms with Crippen LogP contribution < -0.4 is 11.1 Å². The molecule has 98 valence electrons. The Morgan fingerprint density at radius 1 is 1.35 bits per heavy atom. The van der Waals surface area contributed by atoms with Gasteiger partial charge in [-0.25, -0.2) is 0 Å². The van der Waals surface area contributed by atoms with Gasteiger partial charge in [0.25, 0.3) is 0 Å². The van der Waals surface area contributed by atoms with Crippen LogP contribution in [0.25, 0.3) is 0 Å². The first-order chi connectivity index (χ1) is 8.13. The summed E-state index contributed by atoms with van der Waals surface area (Å²) in [4.78, 5) is 22.8. The predicted molar refractivity (Wildman–Crippen MR) is 67.2 cm³/mol. The Labute approximate surface area is 103 Å². The van der Waals surface area contributed by atoms with E-state index in [4.69, 9.17) is 5.73 Å². The standard InChI is InChI=1S/C13H24N2O2/c1-2-5-11(13(14)17)8-12(16)15-9-10-6-3-4-7-10/h10-11H,2-9H2,1H3,(H2,14,17)(H,15,16). The molecule has 0 aromatic heterocycles. The largest absolute Gasteiger partial charge is 0.369 e. The summed E-state index contributed by atoms with van der Waals surface area (Å²) in [7, 11) is 0. The maximum atomic E-state index is 11.7. The molecule has 1 saturated carbocycles. The van der Waals surface area contributed by atoms with E-state index in [0.29, 0.717) is 12.3 Å². The molecule has 1 atom stereocenters. The summed E-state index contributed by atoms with van der Waals surface area (Å²) in [5.74, 6) is -0.0576. The highest BCUT2D eigenvalue weighted by atomic mass is 16.2. The van der Waals surface area contributed by atoms with Gasteiger partial charge in [0.15, 0.2) is 0 Å². The zero-order chi connectivity index (χ0) is 12.7. The van der Waals surface area contributed by atoms with Gasteiger partial charge >= 0.3 is 0 Å². The van der Waals surface area contributed by atoms with Crippen molar-refractivity contribution >= 4 is 11.8 Å². The van der Waals surface area contributed by atoms with Crippen molar-refractivity contribution in [1.82, 2.24) is 5.32 Å². The lowest BCUT2D eigenvalue weighted by molar-refractivity contribution is -0.128. The maximum absolute atomic E-state index is 11.7. The zero-order valence-corrected chi connectivity index (χ0v) is 10.7. The lowest BCUT2D eigenvalue weighted by atomic mass is 9.98. The molecule has 0 radical (unpaired) electrons. The van der Waals surface area contributed by atoms with Crippen molar-refractivity contribution in [2.75, 3.05) is 6.54 Å². The van der Waals surface area contributed by atoms with Crippen molar-refractivity contribution in [3.8, 4) is 0 Å². The van der Waals surface area contributed by atoms with E-state index in [0.717, 1.165) is 13.0 Å². The average Bonchev–Trinajstić information content (AvgIpc) is 2.78. The van der Waals surface area contributed by atoms with Gasteiger partial charge in [0.1, 0.15) is 0 Å². The van der Waals surface area contributed by atoms with Gasteiger partial charge in [-0.3, -0.25) is 9.59 Å². The molecular formula is C13H24N2O2. The number of nitrogens with two attached hydrogens (primary N) is 1. The molecule has 0 bridgehead atoms. The van der Waals surface area contributed by atoms with Crippen LogP contribution in [0.2, 0.25) is 0 Å². The minimum atomic E-state index is -0.358. The third-order valence-electron chi connectivity index (χ3n) is 3.53. The minimum Gasteiger partial charge on any atom is -0.369 e. The van der Waals surface area contributed by atoms with Gasteiger partial charge in [-0.2, -0.15) is 0 Å². The first-order valence-corrected chi connectivity index (χ1v) is 6.69. The average molecular weight is 240 g/mol. The van der Waals surface area contributed by atoms with Gasteiger partial charge in [-0.1, -0.05) is 26.2 Å². The minimum absolute atomic E-state index is 0.0332. The summed E-state index contributed by atoms with van der Waals surface area (Å²) in [6.45, 7) is 2.75. The number of primary amides is 1. The second-order valence-electron chi connectivity index (χ2n) is 5.05. The topological polar surface area (TPSA) is 72.2 Å². The van der Waals surface area contributed by atoms with E-state index >= 15 is 0 Å². The molecule has 3 N–H and O–H groups in total. The highest BCUT2D eigenvalue weighted by molar-refractivity contribution is 5.84. The van der Waals surface area contributed by atoms with Crippen LogP contribution in [0.5, 0.6) is 0 Å². The van der Waals surface area contributed by atoms with Crippen LogP contribution in [0, 0.1) is 11.8 Å². The Morgan fingerprint density at radius 3 is 2.53 bits per heavy atom. The second kappa shape index (κ2) is 7.30. The molecule has 1 aliphatic rings. The van der Waals surface area contributed by atoms with Crippen molar-refractivity contribution < 1.29 is 9.59 Å². The Kier molecular flexibility index (Phi) is 6.01. The lowest BCUT2D eigenvalue weighted by Gasteiger charge is -2.14. The third kappa shape index (κ3) is 5.20. The summed E-state index contributed by atoms with van der Waals surface area (Å²) in [5, 5.41) is 2.92. The number of nitrogens with one attached hydrogen (secondary N) is 1. The van der Waals surface area contributed by atoms with E-state index in [1.54, 1.807) is 0 Å². The summed E-state index contributed by atoms with van der Waals surface area (Å²) < 4.78 is 0. The number of hydrogen-bond acceptors (Lipinski definition) is 2. The molecule has 0 heterocycles. The molecule has 17 heavy (non-hydrogen) atoms. The van der Waals surface area contributed by atoms with Gasteiger partial charge < -0.3 is 11.1 Å². The maximum Gasteiger partial charge on any atom is 0.221 e. The number of carbonyl (C=O) groups excluding carboxylic acids is 2. The molecular weight excluding hydrogens is 216 g/mol. The highest BCUT2D eigenvalue weighted by Gasteiger charge is 2.20. The van der Waals surface area contributed by atoms with Crippen LogP contribution >= 0.6 is 0 Å². The Morgan fingerprint density at radius 2 is 2.00 bits per heavy atom. The van der Waals surface area contributed by atoms with Crippen LogP contribution in [-0.4, -0.2) is 18.4 Å². The number of amides is 2. The molecule has 1 rings (SSSR count). The van der Waals surface area contributed by atoms with Crippen molar-refractivity contribution in [3.63, 3.8) is 0 Å². The number of rotatable bonds is 7. The van der Waals surface area contributed by atoms with E-state index in [9.17, 15) is 9.59 Å². The summed E-state index contributed by atoms with van der Waals surface area (Å²) >= 11 is 0. The number of carbonyl (C=O) groups is 2. The molecule has 1 unspecified atom stereocenters. The monoisotopic (exact) mass is 240 g/mol. The van der Waals surface area contributed by atoms with E-state index in [1.165, 1.54) is 25.7 Å². The number of hydrogen-bond donors (Lipinski definition) is 2. The second-order valence-corrected chi connectivity index (χ2v) is 5.05. The van der Waals surface area contributed by atoms with E-state index in [-0.39, 0.29) is 24.2 Å². The summed E-state index contributed by atoms with van der Waals surface area (Å²) in [6, 6.07) is 0. The molecule has 0 spiro atoms. The lowest BCUT2D eigenvalue weighted by Crippen LogP contribution is -2.33. The van der Waals surface area contributed by atoms with Crippen LogP contribution in [0.1, 0.15) is 51.9 Å². The summed E-state index contributed by atoms with van der Waals surface area (Å²) in [6.07, 6.45) is 6.81. The van der Waals surface area contributed by atoms with Gasteiger partial charge in [0, 0.05) is 18.9 Å². The zero-order valence-electron chi connectivity index (χ0n) is 10.7. The quantitative estimate of drug-likeness (QED) is 0.709. The van der Waals surface area contributed by atoms with Gasteiger partial charge in [-0.15, -0.1) is 0 Å². The Bertz CT molecular complexity index is 260. The van der Waals surface area contributed by atoms with Crippen molar-refractivity contribution in [2.24, 2.45) is 17.6 Å². The molecule has 1 fully saturated rings. The van der Waals surface area contributed by atoms with E-state index in [2.05, 4.69) is 5.32 Å². The van der Waals surface area contributed by atoms with Crippen LogP contribution in [-0.2, 0) is 9.59 Å². The fraction of sp³-hybridized carbons (Fsp3) is 0.846. The molecule has 0 aliphatic heterocycles. The first-order valence-electron chi connectivity index (χ1n) is 6.69. The van der Waals surface area contributed by atoms with Crippen LogP contribution in [0.4, 0.5) is 0 Å². The van der Waals surface area contributed by atoms with Crippen molar-refractivity contribution in [1.29, 1.82) is 0 Å². The molecule has 0 aromatic rings. The molecule has 4 heteroatoms. The Hall–Kier alpha value is -1.06. The SMILES string of the molecule is CCCC(CC(=O)NCC1CCCC1)C(N)=O. The van der Waals surface area contributed by atoms with E-state index in [1.807, 2.05) is 6.92 Å². The predicted octanol–water partition coefficient (Wildman–Crippen LogP) is 1.58. The van der Waals surface area contributed by atoms with Crippen LogP contribution in [0.3, 0.4) is 0 Å². The smallest absolute Gasteiger partial charge is 0.221 e. The van der Waals surface area contributed by atoms with Crippen molar-refractivity contribution in [3.05, 3.63) is 0 Å². The molecule has 1 aliphatic carbocycles. The molecule has 4 nitrogen and oxygen atoms in total. The van der Waals surface area contributed by atoms with Crippen molar-refractivity contribution in [2.45, 2.75) is 51.9 Å². The van der Waals surface area contributed by atoms with Gasteiger partial charge in [0.2, 0.25) is 11.8 Å². The van der Waals surface area contributed by atoms with E-state index < -0.39 is 0 Å². The normalized spacial score (nSPS) is 17.9. The fourth-order valence-electron chi connectivity index (χ4n) is 2.46. The third-order valence-corrected chi connectivity index (χ3v) is 3.53. The fourth-order valence-corrected chi connectivity index (χ4v) is 2.46. The summed E-state index contributed by atoms with van der Waals surface area (Å²) in [5.41, 5.74) is 5.27. The van der Waals surface area contributed by atoms with Gasteiger partial charge in [0.05, 0.1) is 0 Å². The van der Waals surface area contributed by atoms with Crippen LogP contribution in [0.15, 0.2) is 0 Å². The molecule has 2 amide bonds. The van der Waals surface area contributed by atoms with Gasteiger partial charge in [-0.05, 0) is 25.2 Å².